The van der Waals surface area contributed by atoms with Gasteiger partial charge in [0.05, 0.1) is 0 Å². The molecule has 122 valence electrons. The average molecular weight is 311 g/mol. The van der Waals surface area contributed by atoms with Gasteiger partial charge in [-0.3, -0.25) is 9.48 Å². The van der Waals surface area contributed by atoms with E-state index >= 15 is 0 Å². The summed E-state index contributed by atoms with van der Waals surface area (Å²) in [6.45, 7) is 4.35. The molecule has 0 bridgehead atoms. The van der Waals surface area contributed by atoms with Gasteiger partial charge < -0.3 is 5.32 Å². The van der Waals surface area contributed by atoms with Crippen molar-refractivity contribution < 1.29 is 13.6 Å². The standard InChI is InChI=1S/C16H23F2N3O/c1-3-21-13(4-7-19-21)14(22)20-11(2)12-8-15(5-6-15)10-16(17,18)9-12/h4,7,11-12H,3,5-6,8-10H2,1-2H3,(H,20,22). The minimum atomic E-state index is -2.59. The van der Waals surface area contributed by atoms with Gasteiger partial charge in [0.2, 0.25) is 5.92 Å². The first-order valence-electron chi connectivity index (χ1n) is 8.05. The predicted octanol–water partition coefficient (Wildman–Crippen LogP) is 3.24. The number of nitrogens with zero attached hydrogens (tertiary/aromatic N) is 2. The maximum atomic E-state index is 14.0. The molecule has 1 aromatic heterocycles. The van der Waals surface area contributed by atoms with E-state index in [0.717, 1.165) is 19.3 Å². The van der Waals surface area contributed by atoms with Gasteiger partial charge in [-0.1, -0.05) is 0 Å². The summed E-state index contributed by atoms with van der Waals surface area (Å²) in [6, 6.07) is 1.40. The lowest BCUT2D eigenvalue weighted by Crippen LogP contribution is -2.45. The molecule has 0 saturated heterocycles. The highest BCUT2D eigenvalue weighted by molar-refractivity contribution is 5.92. The Kier molecular flexibility index (Phi) is 3.73. The number of hydrogen-bond acceptors (Lipinski definition) is 2. The molecule has 1 aromatic rings. The Bertz CT molecular complexity index is 559. The number of aryl methyl sites for hydroxylation is 1. The first kappa shape index (κ1) is 15.4. The molecular formula is C16H23F2N3O. The zero-order valence-electron chi connectivity index (χ0n) is 13.1. The molecule has 0 aromatic carbocycles. The van der Waals surface area contributed by atoms with Gasteiger partial charge in [-0.05, 0) is 50.5 Å². The van der Waals surface area contributed by atoms with Crippen LogP contribution in [0.4, 0.5) is 8.78 Å². The monoisotopic (exact) mass is 311 g/mol. The van der Waals surface area contributed by atoms with Gasteiger partial charge in [0.25, 0.3) is 5.91 Å². The molecule has 2 atom stereocenters. The van der Waals surface area contributed by atoms with Crippen molar-refractivity contribution in [2.45, 2.75) is 64.5 Å². The Balaban J connectivity index is 1.66. The highest BCUT2D eigenvalue weighted by Gasteiger charge is 2.56. The highest BCUT2D eigenvalue weighted by atomic mass is 19.3. The van der Waals surface area contributed by atoms with Crippen LogP contribution in [0.3, 0.4) is 0 Å². The second-order valence-electron chi connectivity index (χ2n) is 7.00. The number of aromatic nitrogens is 2. The molecule has 2 aliphatic rings. The summed E-state index contributed by atoms with van der Waals surface area (Å²) in [7, 11) is 0. The molecule has 0 radical (unpaired) electrons. The normalized spacial score (nSPS) is 26.6. The van der Waals surface area contributed by atoms with Crippen LogP contribution < -0.4 is 5.32 Å². The number of alkyl halides is 2. The van der Waals surface area contributed by atoms with E-state index in [1.165, 1.54) is 0 Å². The lowest BCUT2D eigenvalue weighted by molar-refractivity contribution is -0.0828. The first-order valence-corrected chi connectivity index (χ1v) is 8.05. The summed E-state index contributed by atoms with van der Waals surface area (Å²) in [5, 5.41) is 6.96. The van der Waals surface area contributed by atoms with Crippen LogP contribution in [-0.2, 0) is 6.54 Å². The Labute approximate surface area is 129 Å². The lowest BCUT2D eigenvalue weighted by Gasteiger charge is -2.38. The van der Waals surface area contributed by atoms with Crippen molar-refractivity contribution in [3.05, 3.63) is 18.0 Å². The van der Waals surface area contributed by atoms with E-state index < -0.39 is 5.92 Å². The first-order chi connectivity index (χ1) is 10.3. The molecule has 3 rings (SSSR count). The van der Waals surface area contributed by atoms with Crippen LogP contribution in [0.2, 0.25) is 0 Å². The fourth-order valence-electron chi connectivity index (χ4n) is 3.79. The lowest BCUT2D eigenvalue weighted by atomic mass is 9.74. The number of hydrogen-bond donors (Lipinski definition) is 1. The van der Waals surface area contributed by atoms with Gasteiger partial charge in [-0.25, -0.2) is 8.78 Å². The third kappa shape index (κ3) is 3.01. The molecule has 22 heavy (non-hydrogen) atoms. The fourth-order valence-corrected chi connectivity index (χ4v) is 3.79. The Morgan fingerprint density at radius 3 is 2.86 bits per heavy atom. The van der Waals surface area contributed by atoms with Crippen molar-refractivity contribution in [2.75, 3.05) is 0 Å². The third-order valence-corrected chi connectivity index (χ3v) is 5.16. The zero-order chi connectivity index (χ0) is 16.0. The summed E-state index contributed by atoms with van der Waals surface area (Å²) < 4.78 is 29.5. The van der Waals surface area contributed by atoms with Crippen LogP contribution in [0.5, 0.6) is 0 Å². The molecule has 0 aliphatic heterocycles. The van der Waals surface area contributed by atoms with Crippen molar-refractivity contribution in [3.8, 4) is 0 Å². The average Bonchev–Trinajstić information content (AvgIpc) is 3.00. The quantitative estimate of drug-likeness (QED) is 0.928. The second-order valence-corrected chi connectivity index (χ2v) is 7.00. The van der Waals surface area contributed by atoms with E-state index in [4.69, 9.17) is 0 Å². The number of halogens is 2. The Morgan fingerprint density at radius 1 is 1.50 bits per heavy atom. The molecule has 1 N–H and O–H groups in total. The van der Waals surface area contributed by atoms with Gasteiger partial charge in [0.15, 0.2) is 0 Å². The topological polar surface area (TPSA) is 46.9 Å². The van der Waals surface area contributed by atoms with Crippen LogP contribution >= 0.6 is 0 Å². The minimum absolute atomic E-state index is 0.0276. The molecule has 2 saturated carbocycles. The van der Waals surface area contributed by atoms with Crippen molar-refractivity contribution in [1.29, 1.82) is 0 Å². The van der Waals surface area contributed by atoms with E-state index in [-0.39, 0.29) is 36.1 Å². The van der Waals surface area contributed by atoms with E-state index in [0.29, 0.717) is 12.2 Å². The van der Waals surface area contributed by atoms with E-state index in [9.17, 15) is 13.6 Å². The highest BCUT2D eigenvalue weighted by Crippen LogP contribution is 2.61. The van der Waals surface area contributed by atoms with E-state index in [1.807, 2.05) is 13.8 Å². The van der Waals surface area contributed by atoms with Crippen molar-refractivity contribution in [3.63, 3.8) is 0 Å². The smallest absolute Gasteiger partial charge is 0.269 e. The molecule has 1 amide bonds. The molecule has 1 spiro atoms. The van der Waals surface area contributed by atoms with Crippen LogP contribution in [-0.4, -0.2) is 27.7 Å². The maximum absolute atomic E-state index is 14.0. The summed E-state index contributed by atoms with van der Waals surface area (Å²) in [5.74, 6) is -2.98. The minimum Gasteiger partial charge on any atom is -0.348 e. The van der Waals surface area contributed by atoms with E-state index in [1.54, 1.807) is 16.9 Å². The maximum Gasteiger partial charge on any atom is 0.269 e. The van der Waals surface area contributed by atoms with Crippen molar-refractivity contribution in [1.82, 2.24) is 15.1 Å². The van der Waals surface area contributed by atoms with Crippen LogP contribution in [0.15, 0.2) is 12.3 Å². The second kappa shape index (κ2) is 5.32. The molecule has 2 unspecified atom stereocenters. The predicted molar refractivity (Wildman–Crippen MR) is 78.8 cm³/mol. The van der Waals surface area contributed by atoms with Crippen molar-refractivity contribution in [2.24, 2.45) is 11.3 Å². The summed E-state index contributed by atoms with van der Waals surface area (Å²) >= 11 is 0. The SMILES string of the molecule is CCn1nccc1C(=O)NC(C)C1CC(F)(F)CC2(CC2)C1. The van der Waals surface area contributed by atoms with Crippen LogP contribution in [0.1, 0.15) is 56.4 Å². The number of rotatable bonds is 4. The largest absolute Gasteiger partial charge is 0.348 e. The van der Waals surface area contributed by atoms with Gasteiger partial charge in [-0.2, -0.15) is 5.10 Å². The Morgan fingerprint density at radius 2 is 2.23 bits per heavy atom. The van der Waals surface area contributed by atoms with Crippen LogP contribution in [0.25, 0.3) is 0 Å². The molecule has 2 aliphatic carbocycles. The molecule has 1 heterocycles. The fraction of sp³-hybridized carbons (Fsp3) is 0.750. The molecule has 4 nitrogen and oxygen atoms in total. The number of nitrogens with one attached hydrogen (secondary N) is 1. The Hall–Kier alpha value is -1.46. The summed E-state index contributed by atoms with van der Waals surface area (Å²) in [4.78, 5) is 12.3. The van der Waals surface area contributed by atoms with Gasteiger partial charge in [0, 0.05) is 31.6 Å². The number of carbonyl (C=O) groups is 1. The number of amides is 1. The number of carbonyl (C=O) groups excluding carboxylic acids is 1. The third-order valence-electron chi connectivity index (χ3n) is 5.16. The summed E-state index contributed by atoms with van der Waals surface area (Å²) in [5.41, 5.74) is 0.328. The van der Waals surface area contributed by atoms with E-state index in [2.05, 4.69) is 10.4 Å². The van der Waals surface area contributed by atoms with Gasteiger partial charge in [0.1, 0.15) is 5.69 Å². The molecular weight excluding hydrogens is 288 g/mol. The van der Waals surface area contributed by atoms with Gasteiger partial charge in [-0.15, -0.1) is 0 Å². The van der Waals surface area contributed by atoms with Gasteiger partial charge >= 0.3 is 0 Å². The van der Waals surface area contributed by atoms with Crippen LogP contribution in [0, 0.1) is 11.3 Å². The molecule has 6 heteroatoms. The molecule has 2 fully saturated rings. The summed E-state index contributed by atoms with van der Waals surface area (Å²) in [6.07, 6.45) is 4.10. The van der Waals surface area contributed by atoms with Crippen molar-refractivity contribution >= 4 is 5.91 Å². The zero-order valence-corrected chi connectivity index (χ0v) is 13.1.